The third-order valence-corrected chi connectivity index (χ3v) is 3.61. The van der Waals surface area contributed by atoms with Crippen LogP contribution >= 0.6 is 0 Å². The second-order valence-electron chi connectivity index (χ2n) is 5.39. The maximum Gasteiger partial charge on any atom is 0.323 e. The molecule has 3 heteroatoms. The van der Waals surface area contributed by atoms with Gasteiger partial charge in [-0.1, -0.05) is 80.4 Å². The lowest BCUT2D eigenvalue weighted by atomic mass is 10.0. The smallest absolute Gasteiger partial charge is 0.323 e. The minimum Gasteiger partial charge on any atom is -0.451 e. The van der Waals surface area contributed by atoms with E-state index in [1.54, 1.807) is 0 Å². The molecule has 0 aliphatic heterocycles. The number of esters is 1. The molecular formula is C19H23NO2. The van der Waals surface area contributed by atoms with Crippen LogP contribution in [0.15, 0.2) is 60.7 Å². The Morgan fingerprint density at radius 2 is 1.50 bits per heavy atom. The second-order valence-corrected chi connectivity index (χ2v) is 5.39. The first-order chi connectivity index (χ1) is 10.7. The highest BCUT2D eigenvalue weighted by molar-refractivity contribution is 5.76. The van der Waals surface area contributed by atoms with E-state index in [2.05, 4.69) is 6.92 Å². The lowest BCUT2D eigenvalue weighted by Gasteiger charge is -2.21. The molecule has 0 saturated heterocycles. The Morgan fingerprint density at radius 1 is 1.00 bits per heavy atom. The van der Waals surface area contributed by atoms with E-state index in [0.29, 0.717) is 6.42 Å². The van der Waals surface area contributed by atoms with Crippen LogP contribution in [-0.2, 0) is 9.53 Å². The van der Waals surface area contributed by atoms with Crippen LogP contribution in [0, 0.1) is 0 Å². The number of hydrogen-bond donors (Lipinski definition) is 1. The second kappa shape index (κ2) is 8.35. The third-order valence-electron chi connectivity index (χ3n) is 3.61. The predicted molar refractivity (Wildman–Crippen MR) is 88.3 cm³/mol. The van der Waals surface area contributed by atoms with Crippen LogP contribution in [0.2, 0.25) is 0 Å². The SMILES string of the molecule is CCCCC(N)C(=O)OC(c1ccccc1)c1ccccc1. The van der Waals surface area contributed by atoms with E-state index in [-0.39, 0.29) is 5.97 Å². The van der Waals surface area contributed by atoms with Crippen LogP contribution in [0.3, 0.4) is 0 Å². The fourth-order valence-corrected chi connectivity index (χ4v) is 2.33. The molecule has 1 atom stereocenters. The van der Waals surface area contributed by atoms with E-state index in [1.165, 1.54) is 0 Å². The van der Waals surface area contributed by atoms with Crippen molar-refractivity contribution < 1.29 is 9.53 Å². The molecule has 2 aromatic carbocycles. The molecular weight excluding hydrogens is 274 g/mol. The molecule has 22 heavy (non-hydrogen) atoms. The summed E-state index contributed by atoms with van der Waals surface area (Å²) in [5.74, 6) is -0.342. The molecule has 2 aromatic rings. The van der Waals surface area contributed by atoms with Gasteiger partial charge in [-0.2, -0.15) is 0 Å². The summed E-state index contributed by atoms with van der Waals surface area (Å²) in [5, 5.41) is 0. The van der Waals surface area contributed by atoms with E-state index in [4.69, 9.17) is 10.5 Å². The van der Waals surface area contributed by atoms with Crippen molar-refractivity contribution in [3.8, 4) is 0 Å². The lowest BCUT2D eigenvalue weighted by Crippen LogP contribution is -2.33. The summed E-state index contributed by atoms with van der Waals surface area (Å²) in [5.41, 5.74) is 7.83. The largest absolute Gasteiger partial charge is 0.451 e. The summed E-state index contributed by atoms with van der Waals surface area (Å²) >= 11 is 0. The third kappa shape index (κ3) is 4.43. The lowest BCUT2D eigenvalue weighted by molar-refractivity contribution is -0.149. The molecule has 0 amide bonds. The van der Waals surface area contributed by atoms with Gasteiger partial charge in [-0.05, 0) is 17.5 Å². The molecule has 0 aliphatic rings. The van der Waals surface area contributed by atoms with Crippen molar-refractivity contribution in [2.24, 2.45) is 5.73 Å². The molecule has 116 valence electrons. The maximum absolute atomic E-state index is 12.3. The average Bonchev–Trinajstić information content (AvgIpc) is 2.58. The fraction of sp³-hybridized carbons (Fsp3) is 0.316. The maximum atomic E-state index is 12.3. The van der Waals surface area contributed by atoms with Crippen molar-refractivity contribution in [2.75, 3.05) is 0 Å². The molecule has 0 heterocycles. The van der Waals surface area contributed by atoms with Gasteiger partial charge < -0.3 is 10.5 Å². The van der Waals surface area contributed by atoms with Crippen molar-refractivity contribution in [3.63, 3.8) is 0 Å². The Hall–Kier alpha value is -2.13. The topological polar surface area (TPSA) is 52.3 Å². The van der Waals surface area contributed by atoms with Crippen LogP contribution in [0.25, 0.3) is 0 Å². The molecule has 3 nitrogen and oxygen atoms in total. The average molecular weight is 297 g/mol. The molecule has 1 unspecified atom stereocenters. The molecule has 0 aromatic heterocycles. The minimum absolute atomic E-state index is 0.342. The van der Waals surface area contributed by atoms with Gasteiger partial charge in [0.25, 0.3) is 0 Å². The van der Waals surface area contributed by atoms with Gasteiger partial charge in [0.15, 0.2) is 6.10 Å². The zero-order chi connectivity index (χ0) is 15.8. The molecule has 0 aliphatic carbocycles. The molecule has 0 saturated carbocycles. The standard InChI is InChI=1S/C19H23NO2/c1-2-3-14-17(20)19(21)22-18(15-10-6-4-7-11-15)16-12-8-5-9-13-16/h4-13,17-18H,2-3,14,20H2,1H3. The van der Waals surface area contributed by atoms with Gasteiger partial charge in [-0.25, -0.2) is 0 Å². The number of unbranched alkanes of at least 4 members (excludes halogenated alkanes) is 1. The summed E-state index contributed by atoms with van der Waals surface area (Å²) in [4.78, 5) is 12.3. The van der Waals surface area contributed by atoms with Crippen molar-refractivity contribution in [3.05, 3.63) is 71.8 Å². The fourth-order valence-electron chi connectivity index (χ4n) is 2.33. The Morgan fingerprint density at radius 3 is 1.95 bits per heavy atom. The summed E-state index contributed by atoms with van der Waals surface area (Å²) in [6, 6.07) is 18.9. The van der Waals surface area contributed by atoms with Gasteiger partial charge in [-0.3, -0.25) is 4.79 Å². The van der Waals surface area contributed by atoms with Crippen molar-refractivity contribution in [1.82, 2.24) is 0 Å². The highest BCUT2D eigenvalue weighted by Gasteiger charge is 2.22. The predicted octanol–water partition coefficient (Wildman–Crippen LogP) is 3.84. The van der Waals surface area contributed by atoms with Gasteiger partial charge in [-0.15, -0.1) is 0 Å². The quantitative estimate of drug-likeness (QED) is 0.790. The van der Waals surface area contributed by atoms with E-state index in [1.807, 2.05) is 60.7 Å². The van der Waals surface area contributed by atoms with Crippen LogP contribution in [0.1, 0.15) is 43.4 Å². The first kappa shape index (κ1) is 16.2. The Balaban J connectivity index is 2.17. The van der Waals surface area contributed by atoms with Gasteiger partial charge in [0.05, 0.1) is 0 Å². The van der Waals surface area contributed by atoms with Crippen LogP contribution < -0.4 is 5.73 Å². The Bertz CT molecular complexity index is 529. The van der Waals surface area contributed by atoms with Gasteiger partial charge in [0, 0.05) is 0 Å². The van der Waals surface area contributed by atoms with E-state index >= 15 is 0 Å². The minimum atomic E-state index is -0.560. The summed E-state index contributed by atoms with van der Waals surface area (Å²) in [7, 11) is 0. The molecule has 0 spiro atoms. The Labute approximate surface area is 132 Å². The number of carbonyl (C=O) groups is 1. The Kier molecular flexibility index (Phi) is 6.16. The number of nitrogens with two attached hydrogens (primary N) is 1. The van der Waals surface area contributed by atoms with Crippen LogP contribution in [0.4, 0.5) is 0 Å². The highest BCUT2D eigenvalue weighted by Crippen LogP contribution is 2.26. The van der Waals surface area contributed by atoms with Crippen molar-refractivity contribution >= 4 is 5.97 Å². The van der Waals surface area contributed by atoms with Gasteiger partial charge in [0.1, 0.15) is 6.04 Å². The normalized spacial score (nSPS) is 12.1. The van der Waals surface area contributed by atoms with Gasteiger partial charge >= 0.3 is 5.97 Å². The van der Waals surface area contributed by atoms with E-state index in [0.717, 1.165) is 24.0 Å². The monoisotopic (exact) mass is 297 g/mol. The molecule has 0 bridgehead atoms. The van der Waals surface area contributed by atoms with E-state index in [9.17, 15) is 4.79 Å². The molecule has 2 N–H and O–H groups in total. The first-order valence-electron chi connectivity index (χ1n) is 7.78. The van der Waals surface area contributed by atoms with Crippen molar-refractivity contribution in [1.29, 1.82) is 0 Å². The number of hydrogen-bond acceptors (Lipinski definition) is 3. The van der Waals surface area contributed by atoms with Crippen LogP contribution in [0.5, 0.6) is 0 Å². The zero-order valence-electron chi connectivity index (χ0n) is 12.9. The van der Waals surface area contributed by atoms with E-state index < -0.39 is 12.1 Å². The molecule has 2 rings (SSSR count). The number of rotatable bonds is 7. The zero-order valence-corrected chi connectivity index (χ0v) is 12.9. The number of carbonyl (C=O) groups excluding carboxylic acids is 1. The molecule has 0 fully saturated rings. The number of benzene rings is 2. The summed E-state index contributed by atoms with van der Waals surface area (Å²) in [6.07, 6.45) is 2.19. The highest BCUT2D eigenvalue weighted by atomic mass is 16.5. The first-order valence-corrected chi connectivity index (χ1v) is 7.78. The van der Waals surface area contributed by atoms with Gasteiger partial charge in [0.2, 0.25) is 0 Å². The summed E-state index contributed by atoms with van der Waals surface area (Å²) in [6.45, 7) is 2.08. The number of ether oxygens (including phenoxy) is 1. The van der Waals surface area contributed by atoms with Crippen LogP contribution in [-0.4, -0.2) is 12.0 Å². The molecule has 0 radical (unpaired) electrons. The summed E-state index contributed by atoms with van der Waals surface area (Å²) < 4.78 is 5.72. The van der Waals surface area contributed by atoms with Crippen molar-refractivity contribution in [2.45, 2.75) is 38.3 Å².